The molecule has 1 saturated heterocycles. The van der Waals surface area contributed by atoms with Crippen molar-refractivity contribution in [1.82, 2.24) is 4.98 Å². The Hall–Kier alpha value is -3.91. The van der Waals surface area contributed by atoms with Crippen molar-refractivity contribution in [3.8, 4) is 0 Å². The van der Waals surface area contributed by atoms with Crippen molar-refractivity contribution in [2.24, 2.45) is 0 Å². The highest BCUT2D eigenvalue weighted by Crippen LogP contribution is 2.30. The van der Waals surface area contributed by atoms with E-state index in [1.165, 1.54) is 4.90 Å². The van der Waals surface area contributed by atoms with Gasteiger partial charge in [0.25, 0.3) is 5.91 Å². The molecule has 0 aliphatic carbocycles. The van der Waals surface area contributed by atoms with Gasteiger partial charge in [-0.05, 0) is 42.5 Å². The van der Waals surface area contributed by atoms with Crippen molar-refractivity contribution in [3.05, 3.63) is 84.2 Å². The van der Waals surface area contributed by atoms with Crippen LogP contribution in [-0.4, -0.2) is 36.7 Å². The normalized spacial score (nSPS) is 16.6. The van der Waals surface area contributed by atoms with E-state index in [0.29, 0.717) is 29.2 Å². The standard InChI is InChI=1S/C23H22N4O4/c1-30-21(16-5-4-12-25-13-16)20-14-27(23(29)31-20)17-10-8-15(9-11-17)22(28)26-19-7-3-2-6-18(19)24/h2-13,20-21H,14,24H2,1H3,(H,26,28). The summed E-state index contributed by atoms with van der Waals surface area (Å²) in [5.41, 5.74) is 8.81. The Morgan fingerprint density at radius 1 is 1.19 bits per heavy atom. The molecule has 2 unspecified atom stereocenters. The third kappa shape index (κ3) is 4.34. The van der Waals surface area contributed by atoms with Crippen LogP contribution in [0.1, 0.15) is 22.0 Å². The van der Waals surface area contributed by atoms with E-state index >= 15 is 0 Å². The number of ether oxygens (including phenoxy) is 2. The van der Waals surface area contributed by atoms with Gasteiger partial charge in [0.2, 0.25) is 0 Å². The summed E-state index contributed by atoms with van der Waals surface area (Å²) < 4.78 is 11.1. The summed E-state index contributed by atoms with van der Waals surface area (Å²) in [7, 11) is 1.57. The van der Waals surface area contributed by atoms with Crippen LogP contribution in [0.3, 0.4) is 0 Å². The number of carbonyl (C=O) groups is 2. The maximum atomic E-state index is 12.5. The van der Waals surface area contributed by atoms with E-state index in [-0.39, 0.29) is 5.91 Å². The number of hydrogen-bond acceptors (Lipinski definition) is 6. The van der Waals surface area contributed by atoms with Crippen molar-refractivity contribution in [3.63, 3.8) is 0 Å². The van der Waals surface area contributed by atoms with Gasteiger partial charge in [-0.15, -0.1) is 0 Å². The third-order valence-corrected chi connectivity index (χ3v) is 5.09. The maximum absolute atomic E-state index is 12.5. The number of benzene rings is 2. The van der Waals surface area contributed by atoms with Crippen LogP contribution in [0.5, 0.6) is 0 Å². The molecule has 8 heteroatoms. The van der Waals surface area contributed by atoms with Gasteiger partial charge < -0.3 is 20.5 Å². The smallest absolute Gasteiger partial charge is 0.414 e. The van der Waals surface area contributed by atoms with Crippen LogP contribution in [0, 0.1) is 0 Å². The molecule has 4 rings (SSSR count). The summed E-state index contributed by atoms with van der Waals surface area (Å²) >= 11 is 0. The Morgan fingerprint density at radius 2 is 1.97 bits per heavy atom. The van der Waals surface area contributed by atoms with Crippen molar-refractivity contribution in [1.29, 1.82) is 0 Å². The largest absolute Gasteiger partial charge is 0.441 e. The number of amides is 2. The summed E-state index contributed by atoms with van der Waals surface area (Å²) in [6.07, 6.45) is 1.99. The monoisotopic (exact) mass is 418 g/mol. The first-order valence-electron chi connectivity index (χ1n) is 9.73. The molecule has 1 aliphatic rings. The molecular weight excluding hydrogens is 396 g/mol. The predicted octanol–water partition coefficient (Wildman–Crippen LogP) is 3.63. The third-order valence-electron chi connectivity index (χ3n) is 5.09. The molecule has 3 aromatic rings. The Labute approximate surface area is 179 Å². The average Bonchev–Trinajstić information content (AvgIpc) is 3.18. The summed E-state index contributed by atoms with van der Waals surface area (Å²) in [5, 5.41) is 2.78. The molecule has 1 fully saturated rings. The molecule has 3 N–H and O–H groups in total. The van der Waals surface area contributed by atoms with Crippen molar-refractivity contribution in [2.45, 2.75) is 12.2 Å². The van der Waals surface area contributed by atoms with E-state index in [1.54, 1.807) is 68.0 Å². The lowest BCUT2D eigenvalue weighted by Crippen LogP contribution is -2.27. The van der Waals surface area contributed by atoms with Gasteiger partial charge in [-0.2, -0.15) is 0 Å². The Bertz CT molecular complexity index is 1070. The lowest BCUT2D eigenvalue weighted by molar-refractivity contribution is 0.0000371. The van der Waals surface area contributed by atoms with Gasteiger partial charge in [-0.25, -0.2) is 4.79 Å². The van der Waals surface area contributed by atoms with Gasteiger partial charge in [-0.1, -0.05) is 18.2 Å². The minimum atomic E-state index is -0.481. The quantitative estimate of drug-likeness (QED) is 0.592. The van der Waals surface area contributed by atoms with E-state index in [0.717, 1.165) is 5.56 Å². The fourth-order valence-corrected chi connectivity index (χ4v) is 3.50. The highest BCUT2D eigenvalue weighted by molar-refractivity contribution is 6.06. The molecule has 0 bridgehead atoms. The molecule has 2 heterocycles. The minimum Gasteiger partial charge on any atom is -0.441 e. The first-order chi connectivity index (χ1) is 15.1. The number of methoxy groups -OCH3 is 1. The number of para-hydroxylation sites is 2. The topological polar surface area (TPSA) is 107 Å². The summed E-state index contributed by atoms with van der Waals surface area (Å²) in [4.78, 5) is 30.6. The number of nitrogens with two attached hydrogens (primary N) is 1. The Morgan fingerprint density at radius 3 is 2.65 bits per heavy atom. The number of nitrogen functional groups attached to an aromatic ring is 1. The lowest BCUT2D eigenvalue weighted by atomic mass is 10.1. The number of nitrogens with zero attached hydrogens (tertiary/aromatic N) is 2. The van der Waals surface area contributed by atoms with Crippen LogP contribution in [0.2, 0.25) is 0 Å². The van der Waals surface area contributed by atoms with Crippen LogP contribution in [0.4, 0.5) is 21.9 Å². The van der Waals surface area contributed by atoms with Crippen LogP contribution >= 0.6 is 0 Å². The number of rotatable bonds is 6. The second-order valence-corrected chi connectivity index (χ2v) is 7.06. The van der Waals surface area contributed by atoms with Crippen LogP contribution in [0.15, 0.2) is 73.1 Å². The van der Waals surface area contributed by atoms with E-state index in [2.05, 4.69) is 10.3 Å². The molecule has 31 heavy (non-hydrogen) atoms. The van der Waals surface area contributed by atoms with Crippen LogP contribution in [-0.2, 0) is 9.47 Å². The fraction of sp³-hybridized carbons (Fsp3) is 0.174. The van der Waals surface area contributed by atoms with Gasteiger partial charge >= 0.3 is 6.09 Å². The first-order valence-corrected chi connectivity index (χ1v) is 9.73. The Balaban J connectivity index is 1.46. The number of anilines is 3. The van der Waals surface area contributed by atoms with Crippen molar-refractivity contribution >= 4 is 29.1 Å². The Kier molecular flexibility index (Phi) is 5.81. The van der Waals surface area contributed by atoms with E-state index in [9.17, 15) is 9.59 Å². The summed E-state index contributed by atoms with van der Waals surface area (Å²) in [6, 6.07) is 17.4. The second-order valence-electron chi connectivity index (χ2n) is 7.06. The number of carbonyl (C=O) groups excluding carboxylic acids is 2. The van der Waals surface area contributed by atoms with Crippen LogP contribution in [0.25, 0.3) is 0 Å². The molecular formula is C23H22N4O4. The molecule has 2 amide bonds. The van der Waals surface area contributed by atoms with Gasteiger partial charge in [0.1, 0.15) is 6.10 Å². The van der Waals surface area contributed by atoms with Crippen LogP contribution < -0.4 is 16.0 Å². The maximum Gasteiger partial charge on any atom is 0.414 e. The number of cyclic esters (lactones) is 1. The zero-order chi connectivity index (χ0) is 21.8. The van der Waals surface area contributed by atoms with E-state index in [1.807, 2.05) is 12.1 Å². The molecule has 2 aromatic carbocycles. The van der Waals surface area contributed by atoms with E-state index in [4.69, 9.17) is 15.2 Å². The zero-order valence-corrected chi connectivity index (χ0v) is 16.9. The SMILES string of the molecule is COC(c1cccnc1)C1CN(c2ccc(C(=O)Nc3ccccc3N)cc2)C(=O)O1. The number of hydrogen-bond donors (Lipinski definition) is 2. The van der Waals surface area contributed by atoms with Gasteiger partial charge in [0.05, 0.1) is 17.9 Å². The summed E-state index contributed by atoms with van der Waals surface area (Å²) in [6.45, 7) is 0.318. The molecule has 1 aromatic heterocycles. The average molecular weight is 418 g/mol. The highest BCUT2D eigenvalue weighted by atomic mass is 16.6. The van der Waals surface area contributed by atoms with Gasteiger partial charge in [0, 0.05) is 36.3 Å². The second kappa shape index (κ2) is 8.85. The summed E-state index contributed by atoms with van der Waals surface area (Å²) in [5.74, 6) is -0.289. The number of pyridine rings is 1. The lowest BCUT2D eigenvalue weighted by Gasteiger charge is -2.20. The van der Waals surface area contributed by atoms with E-state index < -0.39 is 18.3 Å². The van der Waals surface area contributed by atoms with Crippen molar-refractivity contribution < 1.29 is 19.1 Å². The molecule has 0 radical (unpaired) electrons. The minimum absolute atomic E-state index is 0.289. The molecule has 0 spiro atoms. The van der Waals surface area contributed by atoms with Gasteiger partial charge in [-0.3, -0.25) is 14.7 Å². The zero-order valence-electron chi connectivity index (χ0n) is 16.9. The highest BCUT2D eigenvalue weighted by Gasteiger charge is 2.38. The molecule has 0 saturated carbocycles. The molecule has 158 valence electrons. The van der Waals surface area contributed by atoms with Gasteiger partial charge in [0.15, 0.2) is 6.10 Å². The van der Waals surface area contributed by atoms with Crippen molar-refractivity contribution in [2.75, 3.05) is 29.6 Å². The number of nitrogens with one attached hydrogen (secondary N) is 1. The number of aromatic nitrogens is 1. The molecule has 1 aliphatic heterocycles. The molecule has 8 nitrogen and oxygen atoms in total. The predicted molar refractivity (Wildman–Crippen MR) is 117 cm³/mol. The molecule has 2 atom stereocenters. The fourth-order valence-electron chi connectivity index (χ4n) is 3.50. The first kappa shape index (κ1) is 20.4.